The van der Waals surface area contributed by atoms with Crippen molar-refractivity contribution in [3.63, 3.8) is 0 Å². The topological polar surface area (TPSA) is 26.9 Å². The van der Waals surface area contributed by atoms with E-state index < -0.39 is 0 Å². The molecule has 3 nitrogen and oxygen atoms in total. The summed E-state index contributed by atoms with van der Waals surface area (Å²) >= 11 is 0. The van der Waals surface area contributed by atoms with E-state index in [0.29, 0.717) is 6.54 Å². The molecule has 0 radical (unpaired) electrons. The van der Waals surface area contributed by atoms with Crippen LogP contribution in [0.3, 0.4) is 0 Å². The number of aromatic nitrogens is 2. The Bertz CT molecular complexity index is 320. The molecule has 0 aliphatic rings. The SMILES string of the molecule is C/C=C/Cn1ccn(CC)c1=O. The third kappa shape index (κ3) is 1.67. The molecule has 0 saturated heterocycles. The third-order valence-corrected chi connectivity index (χ3v) is 1.80. The second kappa shape index (κ2) is 3.95. The van der Waals surface area contributed by atoms with Crippen molar-refractivity contribution in [2.45, 2.75) is 26.9 Å². The molecule has 0 bridgehead atoms. The predicted octanol–water partition coefficient (Wildman–Crippen LogP) is 1.25. The number of nitrogens with zero attached hydrogens (tertiary/aromatic N) is 2. The van der Waals surface area contributed by atoms with E-state index in [1.54, 1.807) is 9.13 Å². The van der Waals surface area contributed by atoms with Crippen molar-refractivity contribution in [1.82, 2.24) is 9.13 Å². The summed E-state index contributed by atoms with van der Waals surface area (Å²) < 4.78 is 3.37. The van der Waals surface area contributed by atoms with Gasteiger partial charge in [0.2, 0.25) is 0 Å². The van der Waals surface area contributed by atoms with E-state index in [1.165, 1.54) is 0 Å². The van der Waals surface area contributed by atoms with Crippen LogP contribution < -0.4 is 5.69 Å². The molecule has 0 saturated carbocycles. The predicted molar refractivity (Wildman–Crippen MR) is 49.2 cm³/mol. The standard InChI is InChI=1S/C9H14N2O/c1-3-5-6-11-8-7-10(4-2)9(11)12/h3,5,7-8H,4,6H2,1-2H3/b5-3+. The van der Waals surface area contributed by atoms with Gasteiger partial charge in [-0.25, -0.2) is 4.79 Å². The molecule has 1 aromatic heterocycles. The van der Waals surface area contributed by atoms with Crippen molar-refractivity contribution in [2.75, 3.05) is 0 Å². The Kier molecular flexibility index (Phi) is 2.91. The molecule has 66 valence electrons. The number of hydrogen-bond donors (Lipinski definition) is 0. The average Bonchev–Trinajstić information content (AvgIpc) is 2.43. The van der Waals surface area contributed by atoms with Gasteiger partial charge in [0.15, 0.2) is 0 Å². The van der Waals surface area contributed by atoms with Crippen LogP contribution in [0.15, 0.2) is 29.3 Å². The van der Waals surface area contributed by atoms with Gasteiger partial charge < -0.3 is 0 Å². The van der Waals surface area contributed by atoms with Gasteiger partial charge in [0, 0.05) is 25.5 Å². The van der Waals surface area contributed by atoms with E-state index >= 15 is 0 Å². The second-order valence-electron chi connectivity index (χ2n) is 2.59. The van der Waals surface area contributed by atoms with Crippen LogP contribution in [0.1, 0.15) is 13.8 Å². The summed E-state index contributed by atoms with van der Waals surface area (Å²) in [6.45, 7) is 5.31. The fourth-order valence-corrected chi connectivity index (χ4v) is 1.05. The summed E-state index contributed by atoms with van der Waals surface area (Å²) in [6.07, 6.45) is 7.52. The molecule has 1 heterocycles. The summed E-state index contributed by atoms with van der Waals surface area (Å²) in [5, 5.41) is 0. The molecule has 0 atom stereocenters. The van der Waals surface area contributed by atoms with Crippen LogP contribution in [-0.4, -0.2) is 9.13 Å². The maximum Gasteiger partial charge on any atom is 0.328 e. The number of rotatable bonds is 3. The Morgan fingerprint density at radius 1 is 1.42 bits per heavy atom. The van der Waals surface area contributed by atoms with Gasteiger partial charge in [-0.15, -0.1) is 0 Å². The van der Waals surface area contributed by atoms with E-state index in [-0.39, 0.29) is 5.69 Å². The number of allylic oxidation sites excluding steroid dienone is 2. The Morgan fingerprint density at radius 3 is 2.58 bits per heavy atom. The van der Waals surface area contributed by atoms with Crippen LogP contribution >= 0.6 is 0 Å². The van der Waals surface area contributed by atoms with Crippen molar-refractivity contribution in [3.05, 3.63) is 35.0 Å². The maximum atomic E-state index is 11.4. The quantitative estimate of drug-likeness (QED) is 0.621. The molecule has 12 heavy (non-hydrogen) atoms. The summed E-state index contributed by atoms with van der Waals surface area (Å²) in [7, 11) is 0. The van der Waals surface area contributed by atoms with Crippen LogP contribution in [0.2, 0.25) is 0 Å². The fourth-order valence-electron chi connectivity index (χ4n) is 1.05. The minimum absolute atomic E-state index is 0.0654. The molecule has 0 fully saturated rings. The first-order chi connectivity index (χ1) is 5.79. The van der Waals surface area contributed by atoms with Crippen molar-refractivity contribution in [1.29, 1.82) is 0 Å². The van der Waals surface area contributed by atoms with Gasteiger partial charge >= 0.3 is 5.69 Å². The van der Waals surface area contributed by atoms with Crippen LogP contribution in [0, 0.1) is 0 Å². The van der Waals surface area contributed by atoms with Crippen molar-refractivity contribution in [3.8, 4) is 0 Å². The fraction of sp³-hybridized carbons (Fsp3) is 0.444. The second-order valence-corrected chi connectivity index (χ2v) is 2.59. The Labute approximate surface area is 71.9 Å². The first-order valence-electron chi connectivity index (χ1n) is 4.16. The monoisotopic (exact) mass is 166 g/mol. The van der Waals surface area contributed by atoms with Gasteiger partial charge in [-0.1, -0.05) is 12.2 Å². The summed E-state index contributed by atoms with van der Waals surface area (Å²) in [6, 6.07) is 0. The minimum atomic E-state index is 0.0654. The van der Waals surface area contributed by atoms with E-state index in [0.717, 1.165) is 6.54 Å². The lowest BCUT2D eigenvalue weighted by Gasteiger charge is -1.94. The lowest BCUT2D eigenvalue weighted by Crippen LogP contribution is -2.22. The Hall–Kier alpha value is -1.25. The smallest absolute Gasteiger partial charge is 0.300 e. The highest BCUT2D eigenvalue weighted by atomic mass is 16.1. The Balaban J connectivity index is 2.87. The highest BCUT2D eigenvalue weighted by Gasteiger charge is 1.97. The van der Waals surface area contributed by atoms with E-state index in [1.807, 2.05) is 38.4 Å². The maximum absolute atomic E-state index is 11.4. The molecular weight excluding hydrogens is 152 g/mol. The minimum Gasteiger partial charge on any atom is -0.300 e. The van der Waals surface area contributed by atoms with Crippen molar-refractivity contribution in [2.24, 2.45) is 0 Å². The zero-order valence-electron chi connectivity index (χ0n) is 7.53. The molecular formula is C9H14N2O. The van der Waals surface area contributed by atoms with Crippen LogP contribution in [0.25, 0.3) is 0 Å². The molecule has 3 heteroatoms. The number of imidazole rings is 1. The zero-order chi connectivity index (χ0) is 8.97. The molecule has 0 N–H and O–H groups in total. The first-order valence-corrected chi connectivity index (χ1v) is 4.16. The normalized spacial score (nSPS) is 11.2. The highest BCUT2D eigenvalue weighted by molar-refractivity contribution is 4.86. The van der Waals surface area contributed by atoms with Crippen LogP contribution in [0.5, 0.6) is 0 Å². The van der Waals surface area contributed by atoms with E-state index in [9.17, 15) is 4.79 Å². The molecule has 0 unspecified atom stereocenters. The molecule has 0 amide bonds. The van der Waals surface area contributed by atoms with Gasteiger partial charge in [0.1, 0.15) is 0 Å². The van der Waals surface area contributed by atoms with Crippen LogP contribution in [-0.2, 0) is 13.1 Å². The van der Waals surface area contributed by atoms with Crippen LogP contribution in [0.4, 0.5) is 0 Å². The van der Waals surface area contributed by atoms with Crippen molar-refractivity contribution < 1.29 is 0 Å². The molecule has 0 spiro atoms. The Morgan fingerprint density at radius 2 is 2.08 bits per heavy atom. The number of hydrogen-bond acceptors (Lipinski definition) is 1. The van der Waals surface area contributed by atoms with Gasteiger partial charge in [-0.2, -0.15) is 0 Å². The van der Waals surface area contributed by atoms with E-state index in [2.05, 4.69) is 0 Å². The summed E-state index contributed by atoms with van der Waals surface area (Å²) in [5.74, 6) is 0. The molecule has 0 aromatic carbocycles. The van der Waals surface area contributed by atoms with Gasteiger partial charge in [-0.05, 0) is 13.8 Å². The molecule has 1 rings (SSSR count). The molecule has 0 aliphatic carbocycles. The van der Waals surface area contributed by atoms with Gasteiger partial charge in [0.05, 0.1) is 0 Å². The largest absolute Gasteiger partial charge is 0.328 e. The van der Waals surface area contributed by atoms with Crippen molar-refractivity contribution >= 4 is 0 Å². The number of aryl methyl sites for hydroxylation is 1. The zero-order valence-corrected chi connectivity index (χ0v) is 7.53. The molecule has 1 aromatic rings. The third-order valence-electron chi connectivity index (χ3n) is 1.80. The summed E-state index contributed by atoms with van der Waals surface area (Å²) in [5.41, 5.74) is 0.0654. The molecule has 0 aliphatic heterocycles. The lowest BCUT2D eigenvalue weighted by atomic mass is 10.5. The summed E-state index contributed by atoms with van der Waals surface area (Å²) in [4.78, 5) is 11.4. The van der Waals surface area contributed by atoms with E-state index in [4.69, 9.17) is 0 Å². The van der Waals surface area contributed by atoms with Gasteiger partial charge in [0.25, 0.3) is 0 Å². The lowest BCUT2D eigenvalue weighted by molar-refractivity contribution is 0.674. The highest BCUT2D eigenvalue weighted by Crippen LogP contribution is 1.85. The average molecular weight is 166 g/mol. The first kappa shape index (κ1) is 8.84. The van der Waals surface area contributed by atoms with Gasteiger partial charge in [-0.3, -0.25) is 9.13 Å².